The second-order valence-corrected chi connectivity index (χ2v) is 4.16. The molecule has 0 saturated carbocycles. The van der Waals surface area contributed by atoms with E-state index in [0.717, 1.165) is 39.4 Å². The van der Waals surface area contributed by atoms with Gasteiger partial charge in [-0.25, -0.2) is 0 Å². The molecule has 0 spiro atoms. The zero-order valence-corrected chi connectivity index (χ0v) is 11.0. The molecule has 0 radical (unpaired) electrons. The van der Waals surface area contributed by atoms with Gasteiger partial charge in [0.05, 0.1) is 6.61 Å². The SMILES string of the molecule is CCOCCN(C)CCNCc1ccccc1. The second-order valence-electron chi connectivity index (χ2n) is 4.16. The average Bonchev–Trinajstić information content (AvgIpc) is 2.36. The lowest BCUT2D eigenvalue weighted by molar-refractivity contribution is 0.122. The molecule has 0 aromatic heterocycles. The molecule has 1 aromatic rings. The lowest BCUT2D eigenvalue weighted by Crippen LogP contribution is -2.31. The molecule has 3 heteroatoms. The van der Waals surface area contributed by atoms with Crippen LogP contribution in [0.1, 0.15) is 12.5 Å². The maximum atomic E-state index is 5.32. The van der Waals surface area contributed by atoms with Crippen molar-refractivity contribution in [2.24, 2.45) is 0 Å². The first-order valence-electron chi connectivity index (χ1n) is 6.34. The summed E-state index contributed by atoms with van der Waals surface area (Å²) < 4.78 is 5.32. The molecule has 0 amide bonds. The van der Waals surface area contributed by atoms with Crippen molar-refractivity contribution in [2.45, 2.75) is 13.5 Å². The van der Waals surface area contributed by atoms with Crippen LogP contribution in [0.25, 0.3) is 0 Å². The van der Waals surface area contributed by atoms with Gasteiger partial charge in [0.2, 0.25) is 0 Å². The van der Waals surface area contributed by atoms with Crippen LogP contribution in [0.4, 0.5) is 0 Å². The summed E-state index contributed by atoms with van der Waals surface area (Å²) in [5.41, 5.74) is 1.34. The third-order valence-corrected chi connectivity index (χ3v) is 2.66. The van der Waals surface area contributed by atoms with E-state index in [2.05, 4.69) is 41.5 Å². The van der Waals surface area contributed by atoms with E-state index in [0.29, 0.717) is 0 Å². The van der Waals surface area contributed by atoms with Crippen LogP contribution >= 0.6 is 0 Å². The first-order valence-corrected chi connectivity index (χ1v) is 6.34. The minimum Gasteiger partial charge on any atom is -0.380 e. The van der Waals surface area contributed by atoms with Crippen molar-refractivity contribution >= 4 is 0 Å². The number of nitrogens with zero attached hydrogens (tertiary/aromatic N) is 1. The first-order chi connectivity index (χ1) is 8.33. The highest BCUT2D eigenvalue weighted by Crippen LogP contribution is 1.96. The molecule has 0 unspecified atom stereocenters. The molecule has 0 aliphatic rings. The molecular formula is C14H24N2O. The van der Waals surface area contributed by atoms with E-state index in [1.54, 1.807) is 0 Å². The molecule has 17 heavy (non-hydrogen) atoms. The van der Waals surface area contributed by atoms with Crippen LogP contribution in [0, 0.1) is 0 Å². The topological polar surface area (TPSA) is 24.5 Å². The smallest absolute Gasteiger partial charge is 0.0593 e. The van der Waals surface area contributed by atoms with Crippen molar-refractivity contribution in [3.05, 3.63) is 35.9 Å². The van der Waals surface area contributed by atoms with Gasteiger partial charge in [-0.05, 0) is 19.5 Å². The Balaban J connectivity index is 2.00. The Morgan fingerprint density at radius 2 is 1.94 bits per heavy atom. The molecule has 0 fully saturated rings. The predicted molar refractivity (Wildman–Crippen MR) is 72.1 cm³/mol. The molecule has 0 atom stereocenters. The number of benzene rings is 1. The summed E-state index contributed by atoms with van der Waals surface area (Å²) in [5.74, 6) is 0. The molecule has 0 saturated heterocycles. The molecule has 0 aliphatic carbocycles. The van der Waals surface area contributed by atoms with Gasteiger partial charge >= 0.3 is 0 Å². The lowest BCUT2D eigenvalue weighted by Gasteiger charge is -2.16. The van der Waals surface area contributed by atoms with Gasteiger partial charge < -0.3 is 15.0 Å². The van der Waals surface area contributed by atoms with Crippen LogP contribution in [0.5, 0.6) is 0 Å². The molecule has 3 nitrogen and oxygen atoms in total. The van der Waals surface area contributed by atoms with Crippen LogP contribution in [0.2, 0.25) is 0 Å². The lowest BCUT2D eigenvalue weighted by atomic mass is 10.2. The van der Waals surface area contributed by atoms with E-state index in [1.807, 2.05) is 13.0 Å². The van der Waals surface area contributed by atoms with Crippen LogP contribution < -0.4 is 5.32 Å². The van der Waals surface area contributed by atoms with Gasteiger partial charge in [0.15, 0.2) is 0 Å². The van der Waals surface area contributed by atoms with Crippen LogP contribution in [-0.4, -0.2) is 44.8 Å². The molecule has 1 aromatic carbocycles. The van der Waals surface area contributed by atoms with Gasteiger partial charge in [0.1, 0.15) is 0 Å². The summed E-state index contributed by atoms with van der Waals surface area (Å²) >= 11 is 0. The number of ether oxygens (including phenoxy) is 1. The van der Waals surface area contributed by atoms with Gasteiger partial charge in [0, 0.05) is 32.8 Å². The van der Waals surface area contributed by atoms with Gasteiger partial charge in [-0.15, -0.1) is 0 Å². The third kappa shape index (κ3) is 7.10. The standard InChI is InChI=1S/C14H24N2O/c1-3-17-12-11-16(2)10-9-15-13-14-7-5-4-6-8-14/h4-8,15H,3,9-13H2,1-2H3. The van der Waals surface area contributed by atoms with Crippen molar-refractivity contribution in [1.29, 1.82) is 0 Å². The van der Waals surface area contributed by atoms with Crippen molar-refractivity contribution in [1.82, 2.24) is 10.2 Å². The normalized spacial score (nSPS) is 11.0. The number of nitrogens with one attached hydrogen (secondary N) is 1. The third-order valence-electron chi connectivity index (χ3n) is 2.66. The van der Waals surface area contributed by atoms with E-state index in [4.69, 9.17) is 4.74 Å². The quantitative estimate of drug-likeness (QED) is 0.661. The fourth-order valence-corrected chi connectivity index (χ4v) is 1.58. The van der Waals surface area contributed by atoms with E-state index >= 15 is 0 Å². The Kier molecular flexibility index (Phi) is 7.63. The van der Waals surface area contributed by atoms with Crippen molar-refractivity contribution in [3.8, 4) is 0 Å². The maximum absolute atomic E-state index is 5.32. The summed E-state index contributed by atoms with van der Waals surface area (Å²) in [4.78, 5) is 2.29. The van der Waals surface area contributed by atoms with E-state index < -0.39 is 0 Å². The Bertz CT molecular complexity index is 277. The maximum Gasteiger partial charge on any atom is 0.0593 e. The zero-order valence-electron chi connectivity index (χ0n) is 11.0. The molecule has 0 heterocycles. The van der Waals surface area contributed by atoms with Gasteiger partial charge in [-0.1, -0.05) is 30.3 Å². The summed E-state index contributed by atoms with van der Waals surface area (Å²) in [6.07, 6.45) is 0. The highest BCUT2D eigenvalue weighted by molar-refractivity contribution is 5.14. The average molecular weight is 236 g/mol. The Hall–Kier alpha value is -0.900. The van der Waals surface area contributed by atoms with Crippen LogP contribution in [-0.2, 0) is 11.3 Å². The van der Waals surface area contributed by atoms with Crippen molar-refractivity contribution in [2.75, 3.05) is 39.9 Å². The summed E-state index contributed by atoms with van der Waals surface area (Å²) in [6, 6.07) is 10.5. The molecule has 0 bridgehead atoms. The van der Waals surface area contributed by atoms with E-state index in [9.17, 15) is 0 Å². The van der Waals surface area contributed by atoms with Crippen LogP contribution in [0.15, 0.2) is 30.3 Å². The highest BCUT2D eigenvalue weighted by Gasteiger charge is 1.97. The summed E-state index contributed by atoms with van der Waals surface area (Å²) in [5, 5.41) is 3.44. The van der Waals surface area contributed by atoms with Gasteiger partial charge in [-0.2, -0.15) is 0 Å². The number of hydrogen-bond donors (Lipinski definition) is 1. The van der Waals surface area contributed by atoms with Crippen molar-refractivity contribution < 1.29 is 4.74 Å². The zero-order chi connectivity index (χ0) is 12.3. The summed E-state index contributed by atoms with van der Waals surface area (Å²) in [6.45, 7) is 7.67. The number of likely N-dealkylation sites (N-methyl/N-ethyl adjacent to an activating group) is 1. The van der Waals surface area contributed by atoms with E-state index in [1.165, 1.54) is 5.56 Å². The van der Waals surface area contributed by atoms with E-state index in [-0.39, 0.29) is 0 Å². The van der Waals surface area contributed by atoms with Gasteiger partial charge in [-0.3, -0.25) is 0 Å². The highest BCUT2D eigenvalue weighted by atomic mass is 16.5. The molecule has 0 aliphatic heterocycles. The number of rotatable bonds is 9. The first kappa shape index (κ1) is 14.2. The molecular weight excluding hydrogens is 212 g/mol. The Morgan fingerprint density at radius 3 is 2.65 bits per heavy atom. The molecule has 96 valence electrons. The minimum absolute atomic E-state index is 0.806. The fraction of sp³-hybridized carbons (Fsp3) is 0.571. The molecule has 1 rings (SSSR count). The fourth-order valence-electron chi connectivity index (χ4n) is 1.58. The molecule has 1 N–H and O–H groups in total. The summed E-state index contributed by atoms with van der Waals surface area (Å²) in [7, 11) is 2.13. The van der Waals surface area contributed by atoms with Crippen molar-refractivity contribution in [3.63, 3.8) is 0 Å². The van der Waals surface area contributed by atoms with Gasteiger partial charge in [0.25, 0.3) is 0 Å². The minimum atomic E-state index is 0.806. The monoisotopic (exact) mass is 236 g/mol. The largest absolute Gasteiger partial charge is 0.380 e. The Labute approximate surface area is 105 Å². The van der Waals surface area contributed by atoms with Crippen LogP contribution in [0.3, 0.4) is 0 Å². The predicted octanol–water partition coefficient (Wildman–Crippen LogP) is 1.74. The number of hydrogen-bond acceptors (Lipinski definition) is 3. The Morgan fingerprint density at radius 1 is 1.18 bits per heavy atom. The second kappa shape index (κ2) is 9.16.